The molecule has 23 heavy (non-hydrogen) atoms. The van der Waals surface area contributed by atoms with Gasteiger partial charge in [-0.25, -0.2) is 4.98 Å². The third-order valence-electron chi connectivity index (χ3n) is 4.35. The highest BCUT2D eigenvalue weighted by Crippen LogP contribution is 2.32. The molecule has 2 heterocycles. The minimum Gasteiger partial charge on any atom is -0.436 e. The van der Waals surface area contributed by atoms with Gasteiger partial charge in [-0.05, 0) is 49.8 Å². The number of rotatable bonds is 5. The van der Waals surface area contributed by atoms with Crippen molar-refractivity contribution in [1.29, 1.82) is 0 Å². The zero-order valence-electron chi connectivity index (χ0n) is 13.3. The maximum absolute atomic E-state index is 12.5. The summed E-state index contributed by atoms with van der Waals surface area (Å²) in [4.78, 5) is 20.6. The van der Waals surface area contributed by atoms with E-state index in [0.29, 0.717) is 30.8 Å². The molecule has 2 aromatic heterocycles. The van der Waals surface area contributed by atoms with Crippen LogP contribution in [0.2, 0.25) is 0 Å². The summed E-state index contributed by atoms with van der Waals surface area (Å²) in [5, 5.41) is 12.6. The fourth-order valence-electron chi connectivity index (χ4n) is 3.04. The van der Waals surface area contributed by atoms with Gasteiger partial charge in [0.2, 0.25) is 5.76 Å². The maximum atomic E-state index is 12.5. The summed E-state index contributed by atoms with van der Waals surface area (Å²) in [6.07, 6.45) is 5.36. The minimum atomic E-state index is -0.258. The molecule has 0 spiro atoms. The molecule has 1 atom stereocenters. The number of aliphatic hydroxyl groups excluding tert-OH is 1. The topological polar surface area (TPSA) is 88.2 Å². The molecule has 1 amide bonds. The third kappa shape index (κ3) is 3.59. The number of amides is 1. The number of nitrogens with zero attached hydrogens (tertiary/aromatic N) is 2. The van der Waals surface area contributed by atoms with Gasteiger partial charge in [0.1, 0.15) is 0 Å². The Bertz CT molecular complexity index is 678. The second-order valence-electron chi connectivity index (χ2n) is 6.17. The Kier molecular flexibility index (Phi) is 4.43. The molecular formula is C17H21N3O3. The predicted molar refractivity (Wildman–Crippen MR) is 83.9 cm³/mol. The Balaban J connectivity index is 1.73. The van der Waals surface area contributed by atoms with E-state index in [1.807, 2.05) is 12.1 Å². The Hall–Kier alpha value is -2.21. The normalized spacial score (nSPS) is 21.5. The molecule has 2 N–H and O–H groups in total. The largest absolute Gasteiger partial charge is 0.436 e. The van der Waals surface area contributed by atoms with E-state index in [1.165, 1.54) is 0 Å². The molecule has 0 aromatic carbocycles. The first kappa shape index (κ1) is 15.7. The second kappa shape index (κ2) is 6.50. The lowest BCUT2D eigenvalue weighted by molar-refractivity contribution is 0.0236. The molecule has 6 nitrogen and oxygen atoms in total. The van der Waals surface area contributed by atoms with Crippen molar-refractivity contribution in [3.05, 3.63) is 47.4 Å². The molecule has 0 bridgehead atoms. The van der Waals surface area contributed by atoms with E-state index in [4.69, 9.17) is 4.42 Å². The van der Waals surface area contributed by atoms with Crippen LogP contribution >= 0.6 is 0 Å². The van der Waals surface area contributed by atoms with Crippen molar-refractivity contribution in [3.8, 4) is 0 Å². The van der Waals surface area contributed by atoms with E-state index >= 15 is 0 Å². The molecule has 1 aliphatic carbocycles. The monoisotopic (exact) mass is 315 g/mol. The van der Waals surface area contributed by atoms with E-state index in [1.54, 1.807) is 26.2 Å². The number of pyridine rings is 1. The minimum absolute atomic E-state index is 0.0434. The third-order valence-corrected chi connectivity index (χ3v) is 4.35. The van der Waals surface area contributed by atoms with Gasteiger partial charge in [-0.2, -0.15) is 0 Å². The van der Waals surface area contributed by atoms with Crippen LogP contribution in [0.25, 0.3) is 0 Å². The fourth-order valence-corrected chi connectivity index (χ4v) is 3.04. The van der Waals surface area contributed by atoms with Crippen molar-refractivity contribution in [2.45, 2.75) is 45.3 Å². The van der Waals surface area contributed by atoms with Crippen LogP contribution < -0.4 is 5.32 Å². The average Bonchev–Trinajstić information content (AvgIpc) is 2.83. The zero-order chi connectivity index (χ0) is 16.4. The van der Waals surface area contributed by atoms with Crippen molar-refractivity contribution < 1.29 is 14.3 Å². The highest BCUT2D eigenvalue weighted by molar-refractivity contribution is 5.92. The Morgan fingerprint density at radius 2 is 2.09 bits per heavy atom. The molecule has 0 aliphatic heterocycles. The number of aryl methyl sites for hydroxylation is 2. The lowest BCUT2D eigenvalue weighted by Crippen LogP contribution is -2.48. The van der Waals surface area contributed by atoms with Gasteiger partial charge < -0.3 is 14.8 Å². The van der Waals surface area contributed by atoms with Crippen LogP contribution in [0.4, 0.5) is 0 Å². The second-order valence-corrected chi connectivity index (χ2v) is 6.17. The first-order valence-corrected chi connectivity index (χ1v) is 7.85. The SMILES string of the molecule is Cc1nc(C)c(C(=O)N[C@H](Cc2ccncc2)C2CC(O)C2)o1. The molecule has 6 heteroatoms. The van der Waals surface area contributed by atoms with Gasteiger partial charge in [-0.3, -0.25) is 9.78 Å². The van der Waals surface area contributed by atoms with Gasteiger partial charge in [0, 0.05) is 25.4 Å². The Labute approximate surface area is 135 Å². The van der Waals surface area contributed by atoms with Crippen LogP contribution in [0.15, 0.2) is 28.9 Å². The van der Waals surface area contributed by atoms with Crippen LogP contribution in [-0.2, 0) is 6.42 Å². The Morgan fingerprint density at radius 1 is 1.39 bits per heavy atom. The van der Waals surface area contributed by atoms with Gasteiger partial charge >= 0.3 is 0 Å². The predicted octanol–water partition coefficient (Wildman–Crippen LogP) is 1.80. The molecule has 122 valence electrons. The lowest BCUT2D eigenvalue weighted by Gasteiger charge is -2.38. The van der Waals surface area contributed by atoms with Gasteiger partial charge in [-0.1, -0.05) is 0 Å². The number of hydrogen-bond donors (Lipinski definition) is 2. The van der Waals surface area contributed by atoms with E-state index in [9.17, 15) is 9.90 Å². The van der Waals surface area contributed by atoms with Crippen molar-refractivity contribution in [2.75, 3.05) is 0 Å². The van der Waals surface area contributed by atoms with Gasteiger partial charge in [0.25, 0.3) is 5.91 Å². The molecular weight excluding hydrogens is 294 g/mol. The number of oxazole rings is 1. The van der Waals surface area contributed by atoms with Crippen LogP contribution in [-0.4, -0.2) is 33.1 Å². The smallest absolute Gasteiger partial charge is 0.289 e. The van der Waals surface area contributed by atoms with Gasteiger partial charge in [0.15, 0.2) is 5.89 Å². The summed E-state index contributed by atoms with van der Waals surface area (Å²) >= 11 is 0. The number of aromatic nitrogens is 2. The molecule has 1 fully saturated rings. The molecule has 0 radical (unpaired) electrons. The standard InChI is InChI=1S/C17H21N3O3/c1-10-16(23-11(2)19-10)17(22)20-15(13-8-14(21)9-13)7-12-3-5-18-6-4-12/h3-6,13-15,21H,7-9H2,1-2H3,(H,20,22)/t13?,14?,15-/m1/s1. The van der Waals surface area contributed by atoms with E-state index in [2.05, 4.69) is 15.3 Å². The summed E-state index contributed by atoms with van der Waals surface area (Å²) in [5.41, 5.74) is 1.70. The van der Waals surface area contributed by atoms with Crippen LogP contribution in [0.5, 0.6) is 0 Å². The fraction of sp³-hybridized carbons (Fsp3) is 0.471. The number of aliphatic hydroxyl groups is 1. The number of carbonyl (C=O) groups excluding carboxylic acids is 1. The molecule has 3 rings (SSSR count). The van der Waals surface area contributed by atoms with Gasteiger partial charge in [0.05, 0.1) is 11.8 Å². The maximum Gasteiger partial charge on any atom is 0.289 e. The zero-order valence-corrected chi connectivity index (χ0v) is 13.3. The first-order chi connectivity index (χ1) is 11.0. The van der Waals surface area contributed by atoms with Crippen LogP contribution in [0.3, 0.4) is 0 Å². The summed E-state index contributed by atoms with van der Waals surface area (Å²) < 4.78 is 5.40. The van der Waals surface area contributed by atoms with E-state index in [-0.39, 0.29) is 29.7 Å². The van der Waals surface area contributed by atoms with Crippen LogP contribution in [0.1, 0.15) is 40.5 Å². The highest BCUT2D eigenvalue weighted by Gasteiger charge is 2.35. The van der Waals surface area contributed by atoms with Crippen molar-refractivity contribution >= 4 is 5.91 Å². The van der Waals surface area contributed by atoms with Crippen LogP contribution in [0, 0.1) is 19.8 Å². The van der Waals surface area contributed by atoms with Crippen molar-refractivity contribution in [3.63, 3.8) is 0 Å². The quantitative estimate of drug-likeness (QED) is 0.878. The first-order valence-electron chi connectivity index (χ1n) is 7.85. The number of carbonyl (C=O) groups is 1. The van der Waals surface area contributed by atoms with E-state index < -0.39 is 0 Å². The summed E-state index contributed by atoms with van der Waals surface area (Å²) in [6, 6.07) is 3.84. The lowest BCUT2D eigenvalue weighted by atomic mass is 9.75. The molecule has 0 saturated heterocycles. The number of nitrogens with one attached hydrogen (secondary N) is 1. The Morgan fingerprint density at radius 3 is 2.65 bits per heavy atom. The molecule has 1 aliphatic rings. The summed E-state index contributed by atoms with van der Waals surface area (Å²) in [6.45, 7) is 3.48. The van der Waals surface area contributed by atoms with Gasteiger partial charge in [-0.15, -0.1) is 0 Å². The molecule has 1 saturated carbocycles. The number of hydrogen-bond acceptors (Lipinski definition) is 5. The van der Waals surface area contributed by atoms with E-state index in [0.717, 1.165) is 5.56 Å². The van der Waals surface area contributed by atoms with Crippen molar-refractivity contribution in [2.24, 2.45) is 5.92 Å². The molecule has 2 aromatic rings. The highest BCUT2D eigenvalue weighted by atomic mass is 16.4. The summed E-state index contributed by atoms with van der Waals surface area (Å²) in [7, 11) is 0. The van der Waals surface area contributed by atoms with Crippen molar-refractivity contribution in [1.82, 2.24) is 15.3 Å². The average molecular weight is 315 g/mol. The molecule has 0 unspecified atom stereocenters. The summed E-state index contributed by atoms with van der Waals surface area (Å²) in [5.74, 6) is 0.773.